The van der Waals surface area contributed by atoms with Gasteiger partial charge in [0.2, 0.25) is 0 Å². The third-order valence-corrected chi connectivity index (χ3v) is 4.21. The van der Waals surface area contributed by atoms with E-state index in [-0.39, 0.29) is 3.29 Å². The van der Waals surface area contributed by atoms with E-state index in [1.807, 2.05) is 0 Å². The minimum absolute atomic E-state index is 0.0769. The zero-order valence-electron chi connectivity index (χ0n) is 4.00. The van der Waals surface area contributed by atoms with Crippen molar-refractivity contribution in [1.82, 2.24) is 0 Å². The molecule has 0 saturated carbocycles. The van der Waals surface area contributed by atoms with E-state index in [0.717, 1.165) is 0 Å². The summed E-state index contributed by atoms with van der Waals surface area (Å²) in [5.74, 6) is -0.979. The quantitative estimate of drug-likeness (QED) is 0.776. The fourth-order valence-electron chi connectivity index (χ4n) is 0.175. The maximum absolute atomic E-state index is 9.74. The number of carboxylic acids is 1. The summed E-state index contributed by atoms with van der Waals surface area (Å²) in [6.45, 7) is 0. The van der Waals surface area contributed by atoms with Crippen molar-refractivity contribution in [3.05, 3.63) is 0 Å². The number of carboxylic acid groups (broad SMARTS) is 2. The Hall–Kier alpha value is 0.0309. The van der Waals surface area contributed by atoms with Crippen LogP contribution in [0.5, 0.6) is 0 Å². The predicted octanol–water partition coefficient (Wildman–Crippen LogP) is 0.252. The number of hydrogen-bond donors (Lipinski definition) is 2. The van der Waals surface area contributed by atoms with Crippen LogP contribution in [0.2, 0.25) is 3.29 Å². The number of aliphatic carboxylic acids is 1. The molecular weight excluding hydrogens is 331 g/mol. The van der Waals surface area contributed by atoms with Gasteiger partial charge in [-0.3, -0.25) is 0 Å². The van der Waals surface area contributed by atoms with Gasteiger partial charge in [0.25, 0.3) is 0 Å². The van der Waals surface area contributed by atoms with Crippen molar-refractivity contribution in [3.8, 4) is 0 Å². The molecule has 2 N–H and O–H groups in total. The third-order valence-electron chi connectivity index (χ3n) is 0.451. The zero-order chi connectivity index (χ0) is 6.57. The second-order valence-corrected chi connectivity index (χ2v) is 6.60. The van der Waals surface area contributed by atoms with Gasteiger partial charge in [0.05, 0.1) is 0 Å². The van der Waals surface area contributed by atoms with Crippen LogP contribution in [0.1, 0.15) is 0 Å². The van der Waals surface area contributed by atoms with Gasteiger partial charge < -0.3 is 0 Å². The van der Waals surface area contributed by atoms with Gasteiger partial charge in [-0.25, -0.2) is 0 Å². The van der Waals surface area contributed by atoms with Crippen molar-refractivity contribution in [2.75, 3.05) is 0 Å². The summed E-state index contributed by atoms with van der Waals surface area (Å²) >= 11 is -2.01. The maximum atomic E-state index is 9.74. The molecule has 0 fully saturated rings. The van der Waals surface area contributed by atoms with Gasteiger partial charge in [0.15, 0.2) is 0 Å². The average Bonchev–Trinajstić information content (AvgIpc) is 1.61. The molecule has 4 nitrogen and oxygen atoms in total. The Morgan fingerprint density at radius 1 is 1.38 bits per heavy atom. The fraction of sp³-hybridized carbons (Fsp3) is 0.333. The Bertz CT molecular complexity index is 95.9. The molecule has 0 unspecified atom stereocenters. The van der Waals surface area contributed by atoms with E-state index in [1.165, 1.54) is 0 Å². The molecule has 0 aliphatic heterocycles. The van der Waals surface area contributed by atoms with Crippen LogP contribution < -0.4 is 0 Å². The number of carbonyl (C=O) groups is 2. The molecule has 0 rings (SSSR count). The molecule has 0 aliphatic carbocycles. The Labute approximate surface area is 60.6 Å². The van der Waals surface area contributed by atoms with Crippen molar-refractivity contribution >= 4 is 8.81 Å². The molecule has 0 aromatic heterocycles. The van der Waals surface area contributed by atoms with Gasteiger partial charge in [-0.15, -0.1) is 0 Å². The average molecular weight is 335 g/mol. The Kier molecular flexibility index (Phi) is 3.98. The summed E-state index contributed by atoms with van der Waals surface area (Å²) in [7, 11) is 0. The van der Waals surface area contributed by atoms with Crippen LogP contribution in [-0.4, -0.2) is 19.0 Å². The molecule has 0 amide bonds. The molecule has 0 saturated heterocycles. The van der Waals surface area contributed by atoms with E-state index >= 15 is 0 Å². The van der Waals surface area contributed by atoms with Gasteiger partial charge >= 0.3 is 60.7 Å². The summed E-state index contributed by atoms with van der Waals surface area (Å²) in [4.78, 5) is 19.4. The molecule has 43 valence electrons. The van der Waals surface area contributed by atoms with Crippen molar-refractivity contribution in [2.45, 2.75) is 3.29 Å². The Balaban J connectivity index is 3.18. The van der Waals surface area contributed by atoms with Crippen LogP contribution in [-0.2, 0) is 4.79 Å². The normalized spacial score (nSPS) is 7.50. The van der Waals surface area contributed by atoms with Crippen molar-refractivity contribution in [3.63, 3.8) is 0 Å². The Morgan fingerprint density at radius 3 is 2.00 bits per heavy atom. The zero-order valence-corrected chi connectivity index (χ0v) is 8.80. The summed E-state index contributed by atoms with van der Waals surface area (Å²) in [6, 6.07) is 0. The van der Waals surface area contributed by atoms with Gasteiger partial charge in [-0.2, -0.15) is 0 Å². The first-order valence-corrected chi connectivity index (χ1v) is 7.71. The van der Waals surface area contributed by atoms with Crippen molar-refractivity contribution < 1.29 is 48.6 Å². The molecule has 0 aromatic rings. The van der Waals surface area contributed by atoms with Gasteiger partial charge in [-0.1, -0.05) is 0 Å². The molecule has 8 heavy (non-hydrogen) atoms. The molecule has 0 spiro atoms. The first kappa shape index (κ1) is 8.03. The number of rotatable bonds is 3. The summed E-state index contributed by atoms with van der Waals surface area (Å²) in [5, 5.41) is 16.0. The monoisotopic (exact) mass is 335 g/mol. The van der Waals surface area contributed by atoms with E-state index in [2.05, 4.69) is 0 Å². The molecule has 5 heteroatoms. The van der Waals surface area contributed by atoms with Crippen LogP contribution in [0.4, 0.5) is 4.79 Å². The minimum atomic E-state index is -2.01. The van der Waals surface area contributed by atoms with E-state index in [4.69, 9.17) is 10.2 Å². The summed E-state index contributed by atoms with van der Waals surface area (Å²) in [6.07, 6.45) is 0. The van der Waals surface area contributed by atoms with E-state index < -0.39 is 37.6 Å². The van der Waals surface area contributed by atoms with Crippen LogP contribution in [0.15, 0.2) is 0 Å². The predicted molar refractivity (Wildman–Crippen MR) is 20.5 cm³/mol. The van der Waals surface area contributed by atoms with Gasteiger partial charge in [-0.05, 0) is 0 Å². The summed E-state index contributed by atoms with van der Waals surface area (Å²) in [5.41, 5.74) is 0. The molecule has 0 aromatic carbocycles. The standard InChI is InChI=1S/C2H3O2.CHO2.Pa/c1-2(3)4;2-1-3;/h1H2,(H,3,4);(H,2,3);. The summed E-state index contributed by atoms with van der Waals surface area (Å²) < 4.78 is -0.934. The fourth-order valence-corrected chi connectivity index (χ4v) is 1.63. The third kappa shape index (κ3) is 6.03. The second kappa shape index (κ2) is 3.97. The SMILES string of the molecule is O=C(O)[CH2][Pa][C](=O)O. The molecular formula is C3H4O4Pa. The Morgan fingerprint density at radius 2 is 1.88 bits per heavy atom. The van der Waals surface area contributed by atoms with Gasteiger partial charge in [0.1, 0.15) is 0 Å². The first-order valence-electron chi connectivity index (χ1n) is 1.91. The second-order valence-electron chi connectivity index (χ2n) is 1.14. The molecule has 0 heterocycles. The first-order chi connectivity index (χ1) is 3.63. The molecule has 0 bridgehead atoms. The van der Waals surface area contributed by atoms with Gasteiger partial charge in [0, 0.05) is 0 Å². The van der Waals surface area contributed by atoms with E-state index in [9.17, 15) is 9.59 Å². The van der Waals surface area contributed by atoms with Crippen LogP contribution in [0, 0.1) is 28.8 Å². The van der Waals surface area contributed by atoms with Crippen molar-refractivity contribution in [1.29, 1.82) is 0 Å². The van der Waals surface area contributed by atoms with E-state index in [1.54, 1.807) is 0 Å². The topological polar surface area (TPSA) is 74.6 Å². The number of hydrogen-bond acceptors (Lipinski definition) is 2. The van der Waals surface area contributed by atoms with Crippen LogP contribution in [0.3, 0.4) is 0 Å². The van der Waals surface area contributed by atoms with E-state index in [0.29, 0.717) is 0 Å². The van der Waals surface area contributed by atoms with Crippen LogP contribution in [0.25, 0.3) is 0 Å². The van der Waals surface area contributed by atoms with Crippen molar-refractivity contribution in [2.24, 2.45) is 0 Å². The molecule has 0 aliphatic rings. The molecule has 0 radical (unpaired) electrons. The van der Waals surface area contributed by atoms with Crippen LogP contribution >= 0.6 is 0 Å². The molecule has 0 atom stereocenters.